The van der Waals surface area contributed by atoms with Crippen molar-refractivity contribution < 1.29 is 28.6 Å². The van der Waals surface area contributed by atoms with Crippen LogP contribution in [0.5, 0.6) is 0 Å². The Bertz CT molecular complexity index is 887. The van der Waals surface area contributed by atoms with Crippen LogP contribution in [0.2, 0.25) is 0 Å². The molecule has 0 aromatic rings. The zero-order chi connectivity index (χ0) is 42.6. The topological polar surface area (TPSA) is 78.9 Å². The van der Waals surface area contributed by atoms with E-state index in [0.717, 1.165) is 69.6 Å². The number of esters is 3. The molecule has 0 aromatic heterocycles. The minimum Gasteiger partial charge on any atom is -0.462 e. The van der Waals surface area contributed by atoms with Gasteiger partial charge in [0.15, 0.2) is 6.10 Å². The van der Waals surface area contributed by atoms with Crippen molar-refractivity contribution >= 4 is 17.9 Å². The van der Waals surface area contributed by atoms with Crippen LogP contribution in [0.3, 0.4) is 0 Å². The highest BCUT2D eigenvalue weighted by molar-refractivity contribution is 5.71. The van der Waals surface area contributed by atoms with E-state index in [0.29, 0.717) is 19.3 Å². The average molecular weight is 821 g/mol. The van der Waals surface area contributed by atoms with Crippen LogP contribution in [0.15, 0.2) is 0 Å². The van der Waals surface area contributed by atoms with E-state index in [9.17, 15) is 14.4 Å². The molecule has 0 rings (SSSR count). The first-order valence-corrected chi connectivity index (χ1v) is 25.8. The van der Waals surface area contributed by atoms with Gasteiger partial charge >= 0.3 is 17.9 Å². The first-order chi connectivity index (χ1) is 28.3. The molecule has 0 saturated heterocycles. The normalized spacial score (nSPS) is 12.5. The minimum absolute atomic E-state index is 0.0642. The lowest BCUT2D eigenvalue weighted by atomic mass is 10.00. The largest absolute Gasteiger partial charge is 0.462 e. The third kappa shape index (κ3) is 44.0. The van der Waals surface area contributed by atoms with Gasteiger partial charge in [0.2, 0.25) is 0 Å². The van der Waals surface area contributed by atoms with Crippen molar-refractivity contribution in [2.24, 2.45) is 11.8 Å². The third-order valence-corrected chi connectivity index (χ3v) is 12.1. The highest BCUT2D eigenvalue weighted by Gasteiger charge is 2.19. The highest BCUT2D eigenvalue weighted by atomic mass is 16.6. The fourth-order valence-electron chi connectivity index (χ4n) is 7.78. The van der Waals surface area contributed by atoms with Crippen molar-refractivity contribution in [2.45, 2.75) is 291 Å². The molecule has 0 aliphatic carbocycles. The van der Waals surface area contributed by atoms with Gasteiger partial charge < -0.3 is 14.2 Å². The Morgan fingerprint density at radius 1 is 0.362 bits per heavy atom. The van der Waals surface area contributed by atoms with Crippen LogP contribution < -0.4 is 0 Å². The lowest BCUT2D eigenvalue weighted by Crippen LogP contribution is -2.30. The molecule has 0 fully saturated rings. The molecule has 0 radical (unpaired) electrons. The maximum Gasteiger partial charge on any atom is 0.306 e. The zero-order valence-corrected chi connectivity index (χ0v) is 39.7. The predicted molar refractivity (Wildman–Crippen MR) is 247 cm³/mol. The molecule has 0 bridgehead atoms. The molecule has 58 heavy (non-hydrogen) atoms. The average Bonchev–Trinajstić information content (AvgIpc) is 3.21. The molecule has 0 amide bonds. The zero-order valence-electron chi connectivity index (χ0n) is 39.7. The molecule has 2 atom stereocenters. The number of hydrogen-bond donors (Lipinski definition) is 0. The minimum atomic E-state index is -0.762. The molecule has 1 unspecified atom stereocenters. The lowest BCUT2D eigenvalue weighted by Gasteiger charge is -2.18. The summed E-state index contributed by atoms with van der Waals surface area (Å²) in [5.41, 5.74) is 0. The van der Waals surface area contributed by atoms with Gasteiger partial charge in [-0.3, -0.25) is 14.4 Å². The van der Waals surface area contributed by atoms with Gasteiger partial charge in [-0.05, 0) is 31.1 Å². The highest BCUT2D eigenvalue weighted by Crippen LogP contribution is 2.18. The maximum atomic E-state index is 12.8. The van der Waals surface area contributed by atoms with Gasteiger partial charge in [-0.25, -0.2) is 0 Å². The second kappa shape index (κ2) is 44.9. The summed E-state index contributed by atoms with van der Waals surface area (Å²) in [6.45, 7) is 11.4. The van der Waals surface area contributed by atoms with E-state index < -0.39 is 6.10 Å². The van der Waals surface area contributed by atoms with E-state index in [1.54, 1.807) is 0 Å². The Morgan fingerprint density at radius 2 is 0.655 bits per heavy atom. The van der Waals surface area contributed by atoms with Gasteiger partial charge in [-0.1, -0.05) is 247 Å². The van der Waals surface area contributed by atoms with Crippen LogP contribution in [0.1, 0.15) is 285 Å². The van der Waals surface area contributed by atoms with Crippen LogP contribution in [0.25, 0.3) is 0 Å². The van der Waals surface area contributed by atoms with Gasteiger partial charge in [0.1, 0.15) is 13.2 Å². The van der Waals surface area contributed by atoms with Crippen LogP contribution in [-0.4, -0.2) is 37.2 Å². The molecular formula is C52H100O6. The van der Waals surface area contributed by atoms with Gasteiger partial charge in [0, 0.05) is 19.3 Å². The molecule has 0 spiro atoms. The van der Waals surface area contributed by atoms with Gasteiger partial charge in [0.05, 0.1) is 0 Å². The van der Waals surface area contributed by atoms with E-state index in [4.69, 9.17) is 14.2 Å². The summed E-state index contributed by atoms with van der Waals surface area (Å²) in [6.07, 6.45) is 45.2. The van der Waals surface area contributed by atoms with E-state index >= 15 is 0 Å². The summed E-state index contributed by atoms with van der Waals surface area (Å²) in [5.74, 6) is 0.801. The molecule has 0 heterocycles. The summed E-state index contributed by atoms with van der Waals surface area (Å²) in [5, 5.41) is 0. The van der Waals surface area contributed by atoms with Crippen LogP contribution >= 0.6 is 0 Å². The Balaban J connectivity index is 4.30. The Hall–Kier alpha value is -1.59. The standard InChI is InChI=1S/C52H100O6/c1-6-8-9-10-11-12-13-14-17-20-23-26-32-37-42-50(53)56-45-49(46-57-51(54)43-38-33-29-28-31-36-41-48(5)7-2)58-52(55)44-39-34-27-24-21-18-15-16-19-22-25-30-35-40-47(3)4/h47-49H,6-46H2,1-5H3/t48?,49-/m1/s1. The second-order valence-corrected chi connectivity index (χ2v) is 18.5. The van der Waals surface area contributed by atoms with Crippen molar-refractivity contribution in [3.63, 3.8) is 0 Å². The van der Waals surface area contributed by atoms with E-state index in [-0.39, 0.29) is 31.1 Å². The van der Waals surface area contributed by atoms with Gasteiger partial charge in [-0.2, -0.15) is 0 Å². The molecule has 0 aromatic carbocycles. The number of carbonyl (C=O) groups excluding carboxylic acids is 3. The fraction of sp³-hybridized carbons (Fsp3) is 0.942. The van der Waals surface area contributed by atoms with Crippen molar-refractivity contribution in [1.29, 1.82) is 0 Å². The Labute approximate surface area is 361 Å². The monoisotopic (exact) mass is 821 g/mol. The Morgan fingerprint density at radius 3 is 0.983 bits per heavy atom. The molecule has 6 nitrogen and oxygen atoms in total. The summed E-state index contributed by atoms with van der Waals surface area (Å²) < 4.78 is 16.8. The van der Waals surface area contributed by atoms with Crippen molar-refractivity contribution in [3.8, 4) is 0 Å². The van der Waals surface area contributed by atoms with E-state index in [2.05, 4.69) is 34.6 Å². The number of ether oxygens (including phenoxy) is 3. The van der Waals surface area contributed by atoms with Gasteiger partial charge in [-0.15, -0.1) is 0 Å². The third-order valence-electron chi connectivity index (χ3n) is 12.1. The van der Waals surface area contributed by atoms with E-state index in [1.807, 2.05) is 0 Å². The first kappa shape index (κ1) is 56.4. The first-order valence-electron chi connectivity index (χ1n) is 25.8. The molecular weight excluding hydrogens is 721 g/mol. The number of unbranched alkanes of at least 4 members (excludes halogenated alkanes) is 30. The summed E-state index contributed by atoms with van der Waals surface area (Å²) >= 11 is 0. The molecule has 0 saturated carbocycles. The number of rotatable bonds is 46. The van der Waals surface area contributed by atoms with Gasteiger partial charge in [0.25, 0.3) is 0 Å². The lowest BCUT2D eigenvalue weighted by molar-refractivity contribution is -0.167. The maximum absolute atomic E-state index is 12.8. The summed E-state index contributed by atoms with van der Waals surface area (Å²) in [7, 11) is 0. The SMILES string of the molecule is CCCCCCCCCCCCCCCCC(=O)OC[C@H](COC(=O)CCCCCCCCC(C)CC)OC(=O)CCCCCCCCCCCCCCCC(C)C. The summed E-state index contributed by atoms with van der Waals surface area (Å²) in [4.78, 5) is 37.9. The molecule has 344 valence electrons. The van der Waals surface area contributed by atoms with Crippen molar-refractivity contribution in [1.82, 2.24) is 0 Å². The second-order valence-electron chi connectivity index (χ2n) is 18.5. The van der Waals surface area contributed by atoms with E-state index in [1.165, 1.54) is 173 Å². The Kier molecular flexibility index (Phi) is 43.7. The molecule has 0 aliphatic rings. The quantitative estimate of drug-likeness (QED) is 0.0346. The smallest absolute Gasteiger partial charge is 0.306 e. The summed E-state index contributed by atoms with van der Waals surface area (Å²) in [6, 6.07) is 0. The molecule has 6 heteroatoms. The fourth-order valence-corrected chi connectivity index (χ4v) is 7.78. The van der Waals surface area contributed by atoms with Crippen LogP contribution in [-0.2, 0) is 28.6 Å². The number of carbonyl (C=O) groups is 3. The molecule has 0 aliphatic heterocycles. The molecule has 0 N–H and O–H groups in total. The predicted octanol–water partition coefficient (Wildman–Crippen LogP) is 16.5. The van der Waals surface area contributed by atoms with Crippen molar-refractivity contribution in [3.05, 3.63) is 0 Å². The van der Waals surface area contributed by atoms with Crippen LogP contribution in [0, 0.1) is 11.8 Å². The van der Waals surface area contributed by atoms with Crippen LogP contribution in [0.4, 0.5) is 0 Å². The number of hydrogen-bond acceptors (Lipinski definition) is 6. The van der Waals surface area contributed by atoms with Crippen molar-refractivity contribution in [2.75, 3.05) is 13.2 Å².